The minimum atomic E-state index is -0.571. The van der Waals surface area contributed by atoms with Crippen molar-refractivity contribution in [3.63, 3.8) is 0 Å². The maximum atomic E-state index is 13.8. The van der Waals surface area contributed by atoms with Crippen LogP contribution in [0.1, 0.15) is 62.0 Å². The normalized spacial score (nSPS) is 24.0. The minimum Gasteiger partial charge on any atom is -0.355 e. The van der Waals surface area contributed by atoms with Crippen molar-refractivity contribution in [2.45, 2.75) is 56.3 Å². The van der Waals surface area contributed by atoms with Crippen LogP contribution in [0.3, 0.4) is 0 Å². The largest absolute Gasteiger partial charge is 0.355 e. The van der Waals surface area contributed by atoms with Gasteiger partial charge in [-0.3, -0.25) is 9.59 Å². The van der Waals surface area contributed by atoms with Crippen LogP contribution in [0, 0.1) is 17.0 Å². The van der Waals surface area contributed by atoms with Crippen LogP contribution < -0.4 is 5.32 Å². The molecular formula is C27H30F2N2O2. The number of hydrogen-bond donors (Lipinski definition) is 1. The first-order valence-electron chi connectivity index (χ1n) is 12.0. The summed E-state index contributed by atoms with van der Waals surface area (Å²) in [6, 6.07) is 13.0. The predicted octanol–water partition coefficient (Wildman–Crippen LogP) is 4.69. The van der Waals surface area contributed by atoms with E-state index in [1.165, 1.54) is 24.3 Å². The van der Waals surface area contributed by atoms with Gasteiger partial charge in [0.25, 0.3) is 0 Å². The Bertz CT molecular complexity index is 1020. The predicted molar refractivity (Wildman–Crippen MR) is 122 cm³/mol. The lowest BCUT2D eigenvalue weighted by molar-refractivity contribution is -0.141. The molecule has 3 aliphatic rings. The lowest BCUT2D eigenvalue weighted by Crippen LogP contribution is -2.55. The molecule has 1 saturated carbocycles. The van der Waals surface area contributed by atoms with Gasteiger partial charge in [-0.2, -0.15) is 0 Å². The summed E-state index contributed by atoms with van der Waals surface area (Å²) in [6.07, 6.45) is 5.49. The summed E-state index contributed by atoms with van der Waals surface area (Å²) in [5.74, 6) is -0.269. The molecule has 1 spiro atoms. The number of nitrogens with zero attached hydrogens (tertiary/aromatic N) is 1. The number of benzene rings is 2. The van der Waals surface area contributed by atoms with Gasteiger partial charge in [0.1, 0.15) is 11.6 Å². The van der Waals surface area contributed by atoms with Crippen molar-refractivity contribution in [2.75, 3.05) is 19.6 Å². The van der Waals surface area contributed by atoms with Crippen molar-refractivity contribution >= 4 is 11.8 Å². The summed E-state index contributed by atoms with van der Waals surface area (Å²) in [4.78, 5) is 28.2. The number of amides is 2. The van der Waals surface area contributed by atoms with Crippen LogP contribution in [-0.2, 0) is 15.0 Å². The number of hydrogen-bond acceptors (Lipinski definition) is 2. The molecule has 2 saturated heterocycles. The lowest BCUT2D eigenvalue weighted by Gasteiger charge is -2.50. The number of carbonyl (C=O) groups is 2. The van der Waals surface area contributed by atoms with Crippen LogP contribution in [0.25, 0.3) is 0 Å². The summed E-state index contributed by atoms with van der Waals surface area (Å²) in [7, 11) is 0. The molecule has 33 heavy (non-hydrogen) atoms. The second-order valence-corrected chi connectivity index (χ2v) is 10.0. The van der Waals surface area contributed by atoms with Crippen LogP contribution in [0.4, 0.5) is 8.78 Å². The Morgan fingerprint density at radius 3 is 2.06 bits per heavy atom. The van der Waals surface area contributed by atoms with E-state index in [1.807, 2.05) is 17.0 Å². The molecule has 0 radical (unpaired) electrons. The van der Waals surface area contributed by atoms with E-state index in [9.17, 15) is 18.4 Å². The summed E-state index contributed by atoms with van der Waals surface area (Å²) in [5, 5.41) is 2.98. The third-order valence-corrected chi connectivity index (χ3v) is 8.34. The second kappa shape index (κ2) is 8.54. The first-order valence-corrected chi connectivity index (χ1v) is 12.0. The van der Waals surface area contributed by atoms with E-state index in [0.29, 0.717) is 26.1 Å². The van der Waals surface area contributed by atoms with E-state index in [0.717, 1.165) is 49.7 Å². The molecule has 0 bridgehead atoms. The highest BCUT2D eigenvalue weighted by molar-refractivity contribution is 5.89. The Hall–Kier alpha value is -2.76. The van der Waals surface area contributed by atoms with E-state index in [2.05, 4.69) is 5.32 Å². The standard InChI is InChI=1S/C27H30F2N2O2/c28-21-7-3-19(4-8-21)23-18-30-24(32)17-26(23)13-15-31(16-14-26)25(33)27(11-1-2-12-27)20-5-9-22(29)10-6-20/h3-10,23H,1-2,11-18H2,(H,30,32)/t23-/m0/s1. The summed E-state index contributed by atoms with van der Waals surface area (Å²) in [5.41, 5.74) is 1.15. The molecule has 2 aromatic rings. The molecule has 2 aliphatic heterocycles. The van der Waals surface area contributed by atoms with Crippen LogP contribution in [-0.4, -0.2) is 36.3 Å². The van der Waals surface area contributed by atoms with Crippen molar-refractivity contribution in [3.05, 3.63) is 71.3 Å². The van der Waals surface area contributed by atoms with Gasteiger partial charge in [-0.15, -0.1) is 0 Å². The molecule has 5 rings (SSSR count). The van der Waals surface area contributed by atoms with Crippen molar-refractivity contribution in [1.29, 1.82) is 0 Å². The maximum absolute atomic E-state index is 13.8. The van der Waals surface area contributed by atoms with Gasteiger partial charge in [0.2, 0.25) is 11.8 Å². The van der Waals surface area contributed by atoms with Gasteiger partial charge in [-0.05, 0) is 66.5 Å². The van der Waals surface area contributed by atoms with Crippen molar-refractivity contribution in [1.82, 2.24) is 10.2 Å². The van der Waals surface area contributed by atoms with E-state index < -0.39 is 5.41 Å². The quantitative estimate of drug-likeness (QED) is 0.735. The summed E-state index contributed by atoms with van der Waals surface area (Å²) in [6.45, 7) is 1.75. The second-order valence-electron chi connectivity index (χ2n) is 10.0. The van der Waals surface area contributed by atoms with Crippen molar-refractivity contribution in [2.24, 2.45) is 5.41 Å². The highest BCUT2D eigenvalue weighted by atomic mass is 19.1. The van der Waals surface area contributed by atoms with Crippen molar-refractivity contribution < 1.29 is 18.4 Å². The average Bonchev–Trinajstić information content (AvgIpc) is 3.32. The smallest absolute Gasteiger partial charge is 0.233 e. The first-order chi connectivity index (χ1) is 15.9. The van der Waals surface area contributed by atoms with Gasteiger partial charge < -0.3 is 10.2 Å². The van der Waals surface area contributed by atoms with E-state index in [1.54, 1.807) is 12.1 Å². The fourth-order valence-corrected chi connectivity index (χ4v) is 6.46. The zero-order valence-corrected chi connectivity index (χ0v) is 18.8. The van der Waals surface area contributed by atoms with Gasteiger partial charge in [0.15, 0.2) is 0 Å². The molecule has 174 valence electrons. The maximum Gasteiger partial charge on any atom is 0.233 e. The Balaban J connectivity index is 1.37. The monoisotopic (exact) mass is 452 g/mol. The third kappa shape index (κ3) is 3.94. The van der Waals surface area contributed by atoms with Crippen LogP contribution in [0.2, 0.25) is 0 Å². The van der Waals surface area contributed by atoms with Gasteiger partial charge >= 0.3 is 0 Å². The first kappa shape index (κ1) is 22.1. The lowest BCUT2D eigenvalue weighted by atomic mass is 9.62. The van der Waals surface area contributed by atoms with Crippen LogP contribution in [0.5, 0.6) is 0 Å². The molecule has 3 fully saturated rings. The number of carbonyl (C=O) groups excluding carboxylic acids is 2. The number of rotatable bonds is 3. The average molecular weight is 453 g/mol. The number of likely N-dealkylation sites (tertiary alicyclic amines) is 1. The van der Waals surface area contributed by atoms with Crippen LogP contribution >= 0.6 is 0 Å². The molecule has 2 heterocycles. The highest BCUT2D eigenvalue weighted by Crippen LogP contribution is 2.50. The Labute approximate surface area is 193 Å². The number of piperidine rings is 2. The van der Waals surface area contributed by atoms with E-state index in [-0.39, 0.29) is 34.8 Å². The number of nitrogens with one attached hydrogen (secondary N) is 1. The zero-order valence-electron chi connectivity index (χ0n) is 18.8. The molecule has 2 aromatic carbocycles. The topological polar surface area (TPSA) is 49.4 Å². The van der Waals surface area contributed by atoms with Crippen molar-refractivity contribution in [3.8, 4) is 0 Å². The van der Waals surface area contributed by atoms with Gasteiger partial charge in [-0.1, -0.05) is 37.1 Å². The van der Waals surface area contributed by atoms with E-state index in [4.69, 9.17) is 0 Å². The third-order valence-electron chi connectivity index (χ3n) is 8.34. The molecule has 1 aliphatic carbocycles. The fourth-order valence-electron chi connectivity index (χ4n) is 6.46. The van der Waals surface area contributed by atoms with Gasteiger partial charge in [-0.25, -0.2) is 8.78 Å². The zero-order chi connectivity index (χ0) is 23.1. The van der Waals surface area contributed by atoms with E-state index >= 15 is 0 Å². The summed E-state index contributed by atoms with van der Waals surface area (Å²) >= 11 is 0. The fraction of sp³-hybridized carbons (Fsp3) is 0.481. The molecule has 0 unspecified atom stereocenters. The molecule has 4 nitrogen and oxygen atoms in total. The van der Waals surface area contributed by atoms with Gasteiger partial charge in [0.05, 0.1) is 5.41 Å². The molecule has 6 heteroatoms. The highest BCUT2D eigenvalue weighted by Gasteiger charge is 2.50. The molecule has 1 atom stereocenters. The van der Waals surface area contributed by atoms with Gasteiger partial charge in [0, 0.05) is 32.0 Å². The molecule has 2 amide bonds. The Morgan fingerprint density at radius 1 is 0.879 bits per heavy atom. The van der Waals surface area contributed by atoms with Crippen LogP contribution in [0.15, 0.2) is 48.5 Å². The molecule has 1 N–H and O–H groups in total. The molecular weight excluding hydrogens is 422 g/mol. The minimum absolute atomic E-state index is 0.0479. The SMILES string of the molecule is O=C1CC2(CCN(C(=O)C3(c4ccc(F)cc4)CCCC3)CC2)[C@H](c2ccc(F)cc2)CN1. The Kier molecular flexibility index (Phi) is 5.71. The molecule has 0 aromatic heterocycles. The Morgan fingerprint density at radius 2 is 1.45 bits per heavy atom. The summed E-state index contributed by atoms with van der Waals surface area (Å²) < 4.78 is 27.0. The number of halogens is 2.